The molecule has 162 valence electrons. The summed E-state index contributed by atoms with van der Waals surface area (Å²) in [6, 6.07) is 9.83. The molecule has 11 heteroatoms. The topological polar surface area (TPSA) is 75.5 Å². The van der Waals surface area contributed by atoms with Crippen LogP contribution < -0.4 is 0 Å². The van der Waals surface area contributed by atoms with Crippen LogP contribution in [0.4, 0.5) is 13.2 Å². The number of benzene rings is 2. The summed E-state index contributed by atoms with van der Waals surface area (Å²) in [5.41, 5.74) is 1.21. The summed E-state index contributed by atoms with van der Waals surface area (Å²) >= 11 is 0. The second kappa shape index (κ2) is 8.16. The lowest BCUT2D eigenvalue weighted by Crippen LogP contribution is -2.50. The first-order chi connectivity index (χ1) is 14.8. The zero-order chi connectivity index (χ0) is 22.2. The zero-order valence-corrected chi connectivity index (χ0v) is 16.9. The number of amides is 1. The summed E-state index contributed by atoms with van der Waals surface area (Å²) in [7, 11) is -4.37. The minimum absolute atomic E-state index is 0.0737. The largest absolute Gasteiger partial charge is 0.336 e. The molecule has 31 heavy (non-hydrogen) atoms. The van der Waals surface area contributed by atoms with Gasteiger partial charge in [-0.1, -0.05) is 0 Å². The van der Waals surface area contributed by atoms with E-state index in [-0.39, 0.29) is 32.1 Å². The molecule has 0 N–H and O–H groups in total. The van der Waals surface area contributed by atoms with E-state index in [1.165, 1.54) is 4.90 Å². The molecule has 1 aromatic heterocycles. The van der Waals surface area contributed by atoms with Gasteiger partial charge in [-0.25, -0.2) is 26.3 Å². The predicted octanol–water partition coefficient (Wildman–Crippen LogP) is 2.44. The maximum Gasteiger partial charge on any atom is 0.253 e. The molecule has 2 heterocycles. The highest BCUT2D eigenvalue weighted by molar-refractivity contribution is 7.89. The van der Waals surface area contributed by atoms with Crippen molar-refractivity contribution in [3.05, 3.63) is 77.9 Å². The molecule has 0 radical (unpaired) electrons. The first kappa shape index (κ1) is 21.1. The standard InChI is InChI=1S/C20H17F3N4O3S/c21-16-6-7-17(19(23)18(16)22)31(29,30)26-12-10-25(11-13-26)20(28)14-2-4-15(5-3-14)27-9-1-8-24-27/h1-9H,10-13H2. The van der Waals surface area contributed by atoms with Crippen molar-refractivity contribution in [3.8, 4) is 5.69 Å². The lowest BCUT2D eigenvalue weighted by atomic mass is 10.1. The van der Waals surface area contributed by atoms with Crippen molar-refractivity contribution in [2.24, 2.45) is 0 Å². The predicted molar refractivity (Wildman–Crippen MR) is 105 cm³/mol. The van der Waals surface area contributed by atoms with E-state index in [1.54, 1.807) is 47.4 Å². The summed E-state index contributed by atoms with van der Waals surface area (Å²) in [5, 5.41) is 4.11. The zero-order valence-electron chi connectivity index (χ0n) is 16.1. The normalized spacial score (nSPS) is 15.3. The van der Waals surface area contributed by atoms with Gasteiger partial charge in [0.2, 0.25) is 10.0 Å². The number of halogens is 3. The number of sulfonamides is 1. The summed E-state index contributed by atoms with van der Waals surface area (Å²) in [4.78, 5) is 13.3. The van der Waals surface area contributed by atoms with E-state index in [0.29, 0.717) is 17.7 Å². The molecule has 2 aromatic carbocycles. The van der Waals surface area contributed by atoms with Gasteiger partial charge in [0.25, 0.3) is 5.91 Å². The fourth-order valence-electron chi connectivity index (χ4n) is 3.34. The third kappa shape index (κ3) is 3.93. The van der Waals surface area contributed by atoms with Crippen LogP contribution in [0, 0.1) is 17.5 Å². The van der Waals surface area contributed by atoms with Gasteiger partial charge in [0.1, 0.15) is 4.90 Å². The van der Waals surface area contributed by atoms with Crippen LogP contribution in [0.3, 0.4) is 0 Å². The van der Waals surface area contributed by atoms with Crippen LogP contribution >= 0.6 is 0 Å². The molecule has 1 saturated heterocycles. The molecule has 0 unspecified atom stereocenters. The van der Waals surface area contributed by atoms with Gasteiger partial charge in [-0.05, 0) is 42.5 Å². The van der Waals surface area contributed by atoms with Crippen LogP contribution in [-0.4, -0.2) is 59.5 Å². The Morgan fingerprint density at radius 2 is 1.58 bits per heavy atom. The number of piperazine rings is 1. The second-order valence-corrected chi connectivity index (χ2v) is 8.77. The maximum atomic E-state index is 14.0. The highest BCUT2D eigenvalue weighted by Gasteiger charge is 2.33. The Kier molecular flexibility index (Phi) is 5.54. The molecular formula is C20H17F3N4O3S. The molecule has 0 atom stereocenters. The second-order valence-electron chi connectivity index (χ2n) is 6.87. The molecule has 0 spiro atoms. The van der Waals surface area contributed by atoms with Gasteiger partial charge >= 0.3 is 0 Å². The number of carbonyl (C=O) groups is 1. The van der Waals surface area contributed by atoms with E-state index < -0.39 is 32.4 Å². The van der Waals surface area contributed by atoms with Gasteiger partial charge in [0.15, 0.2) is 17.5 Å². The number of hydrogen-bond donors (Lipinski definition) is 0. The van der Waals surface area contributed by atoms with Crippen molar-refractivity contribution in [2.45, 2.75) is 4.90 Å². The average Bonchev–Trinajstić information content (AvgIpc) is 3.32. The molecule has 1 aliphatic rings. The van der Waals surface area contributed by atoms with Gasteiger partial charge < -0.3 is 4.90 Å². The van der Waals surface area contributed by atoms with E-state index in [2.05, 4.69) is 5.10 Å². The molecule has 7 nitrogen and oxygen atoms in total. The maximum absolute atomic E-state index is 14.0. The van der Waals surface area contributed by atoms with Crippen LogP contribution in [0.15, 0.2) is 59.8 Å². The molecular weight excluding hydrogens is 433 g/mol. The van der Waals surface area contributed by atoms with Crippen molar-refractivity contribution < 1.29 is 26.4 Å². The average molecular weight is 450 g/mol. The molecule has 0 saturated carbocycles. The Balaban J connectivity index is 1.45. The van der Waals surface area contributed by atoms with Gasteiger partial charge in [-0.15, -0.1) is 0 Å². The molecule has 0 aliphatic carbocycles. The minimum atomic E-state index is -4.37. The van der Waals surface area contributed by atoms with Crippen LogP contribution in [-0.2, 0) is 10.0 Å². The van der Waals surface area contributed by atoms with E-state index in [1.807, 2.05) is 0 Å². The van der Waals surface area contributed by atoms with Crippen molar-refractivity contribution >= 4 is 15.9 Å². The molecule has 0 bridgehead atoms. The Morgan fingerprint density at radius 3 is 2.19 bits per heavy atom. The van der Waals surface area contributed by atoms with Crippen LogP contribution in [0.1, 0.15) is 10.4 Å². The minimum Gasteiger partial charge on any atom is -0.336 e. The van der Waals surface area contributed by atoms with Crippen molar-refractivity contribution in [2.75, 3.05) is 26.2 Å². The SMILES string of the molecule is O=C(c1ccc(-n2cccn2)cc1)N1CCN(S(=O)(=O)c2ccc(F)c(F)c2F)CC1. The lowest BCUT2D eigenvalue weighted by molar-refractivity contribution is 0.0697. The molecule has 1 aliphatic heterocycles. The Bertz CT molecular complexity index is 1210. The Labute approximate surface area is 176 Å². The van der Waals surface area contributed by atoms with E-state index >= 15 is 0 Å². The number of hydrogen-bond acceptors (Lipinski definition) is 4. The van der Waals surface area contributed by atoms with E-state index in [4.69, 9.17) is 0 Å². The number of carbonyl (C=O) groups excluding carboxylic acids is 1. The van der Waals surface area contributed by atoms with Crippen molar-refractivity contribution in [1.82, 2.24) is 19.0 Å². The molecule has 1 fully saturated rings. The molecule has 4 rings (SSSR count). The smallest absolute Gasteiger partial charge is 0.253 e. The lowest BCUT2D eigenvalue weighted by Gasteiger charge is -2.34. The third-order valence-electron chi connectivity index (χ3n) is 5.03. The molecule has 1 amide bonds. The van der Waals surface area contributed by atoms with E-state index in [9.17, 15) is 26.4 Å². The Morgan fingerprint density at radius 1 is 0.903 bits per heavy atom. The van der Waals surface area contributed by atoms with Gasteiger partial charge in [-0.2, -0.15) is 9.40 Å². The fourth-order valence-corrected chi connectivity index (χ4v) is 4.82. The Hall–Kier alpha value is -3.18. The highest BCUT2D eigenvalue weighted by Crippen LogP contribution is 2.24. The number of nitrogens with zero attached hydrogens (tertiary/aromatic N) is 4. The summed E-state index contributed by atoms with van der Waals surface area (Å²) in [6.45, 7) is -0.0513. The summed E-state index contributed by atoms with van der Waals surface area (Å²) < 4.78 is 68.5. The number of aromatic nitrogens is 2. The first-order valence-corrected chi connectivity index (χ1v) is 10.8. The summed E-state index contributed by atoms with van der Waals surface area (Å²) in [5.74, 6) is -5.34. The quantitative estimate of drug-likeness (QED) is 0.573. The third-order valence-corrected chi connectivity index (χ3v) is 6.94. The van der Waals surface area contributed by atoms with Gasteiger partial charge in [-0.3, -0.25) is 4.79 Å². The number of rotatable bonds is 4. The monoisotopic (exact) mass is 450 g/mol. The first-order valence-electron chi connectivity index (χ1n) is 9.32. The van der Waals surface area contributed by atoms with Gasteiger partial charge in [0.05, 0.1) is 5.69 Å². The van der Waals surface area contributed by atoms with Crippen LogP contribution in [0.25, 0.3) is 5.69 Å². The van der Waals surface area contributed by atoms with Crippen molar-refractivity contribution in [1.29, 1.82) is 0 Å². The highest BCUT2D eigenvalue weighted by atomic mass is 32.2. The van der Waals surface area contributed by atoms with Crippen LogP contribution in [0.2, 0.25) is 0 Å². The van der Waals surface area contributed by atoms with Gasteiger partial charge in [0, 0.05) is 44.1 Å². The molecule has 3 aromatic rings. The van der Waals surface area contributed by atoms with E-state index in [0.717, 1.165) is 9.99 Å². The van der Waals surface area contributed by atoms with Crippen LogP contribution in [0.5, 0.6) is 0 Å². The summed E-state index contributed by atoms with van der Waals surface area (Å²) in [6.07, 6.45) is 3.41. The van der Waals surface area contributed by atoms with Crippen molar-refractivity contribution in [3.63, 3.8) is 0 Å². The fraction of sp³-hybridized carbons (Fsp3) is 0.200.